The summed E-state index contributed by atoms with van der Waals surface area (Å²) in [5.74, 6) is 3.57. The van der Waals surface area contributed by atoms with Gasteiger partial charge in [0.1, 0.15) is 16.5 Å². The van der Waals surface area contributed by atoms with Crippen LogP contribution in [-0.4, -0.2) is 59.0 Å². The Morgan fingerprint density at radius 1 is 1.17 bits per heavy atom. The average Bonchev–Trinajstić information content (AvgIpc) is 3.42. The Kier molecular flexibility index (Phi) is 6.98. The molecule has 0 saturated carbocycles. The molecule has 0 radical (unpaired) electrons. The van der Waals surface area contributed by atoms with Crippen LogP contribution < -0.4 is 10.2 Å². The van der Waals surface area contributed by atoms with E-state index < -0.39 is 10.8 Å². The number of aromatic nitrogens is 5. The van der Waals surface area contributed by atoms with E-state index in [1.165, 1.54) is 0 Å². The minimum Gasteiger partial charge on any atom is -0.394 e. The molecule has 2 aliphatic rings. The lowest BCUT2D eigenvalue weighted by molar-refractivity contribution is 0.249. The van der Waals surface area contributed by atoms with E-state index in [4.69, 9.17) is 33.2 Å². The number of aryl methyl sites for hydroxylation is 1. The van der Waals surface area contributed by atoms with Gasteiger partial charge < -0.3 is 19.9 Å². The summed E-state index contributed by atoms with van der Waals surface area (Å²) >= 11 is 12.2. The lowest BCUT2D eigenvalue weighted by Gasteiger charge is -2.29. The third-order valence-electron chi connectivity index (χ3n) is 6.46. The topological polar surface area (TPSA) is 109 Å². The molecule has 4 heterocycles. The van der Waals surface area contributed by atoms with Crippen molar-refractivity contribution in [3.05, 3.63) is 51.2 Å². The molecule has 0 aliphatic carbocycles. The van der Waals surface area contributed by atoms with Crippen molar-refractivity contribution in [2.24, 2.45) is 5.92 Å². The van der Waals surface area contributed by atoms with Crippen LogP contribution in [-0.2, 0) is 36.7 Å². The van der Waals surface area contributed by atoms with Gasteiger partial charge in [0.2, 0.25) is 5.95 Å². The third kappa shape index (κ3) is 4.89. The van der Waals surface area contributed by atoms with Gasteiger partial charge in [0.05, 0.1) is 45.7 Å². The van der Waals surface area contributed by atoms with Crippen molar-refractivity contribution in [3.63, 3.8) is 0 Å². The Hall–Kier alpha value is -2.27. The molecule has 0 amide bonds. The molecular formula is C23H27Cl2N7O2S. The highest BCUT2D eigenvalue weighted by Gasteiger charge is 2.30. The second-order valence-corrected chi connectivity index (χ2v) is 11.5. The summed E-state index contributed by atoms with van der Waals surface area (Å²) in [5.41, 5.74) is 1.83. The molecule has 2 atom stereocenters. The highest BCUT2D eigenvalue weighted by Crippen LogP contribution is 2.32. The molecule has 35 heavy (non-hydrogen) atoms. The normalized spacial score (nSPS) is 18.0. The summed E-state index contributed by atoms with van der Waals surface area (Å²) in [5, 5.41) is 23.0. The Balaban J connectivity index is 1.39. The van der Waals surface area contributed by atoms with Crippen molar-refractivity contribution in [1.82, 2.24) is 24.7 Å². The highest BCUT2D eigenvalue weighted by molar-refractivity contribution is 7.85. The summed E-state index contributed by atoms with van der Waals surface area (Å²) in [6, 6.07) is 5.40. The predicted octanol–water partition coefficient (Wildman–Crippen LogP) is 3.08. The monoisotopic (exact) mass is 535 g/mol. The SMILES string of the molecule is CC(C)C(CO)Nc1nc(N2CCn3c(Cc4ccc(Cl)c(Cl)c4)nnc3C2)nc2c1S(=O)CC2. The maximum absolute atomic E-state index is 12.6. The van der Waals surface area contributed by atoms with Crippen LogP contribution in [0.25, 0.3) is 0 Å². The van der Waals surface area contributed by atoms with Gasteiger partial charge in [0.25, 0.3) is 0 Å². The van der Waals surface area contributed by atoms with Crippen LogP contribution in [0.3, 0.4) is 0 Å². The minimum atomic E-state index is -1.14. The largest absolute Gasteiger partial charge is 0.394 e. The average molecular weight is 536 g/mol. The lowest BCUT2D eigenvalue weighted by Crippen LogP contribution is -2.36. The van der Waals surface area contributed by atoms with Crippen molar-refractivity contribution in [3.8, 4) is 0 Å². The summed E-state index contributed by atoms with van der Waals surface area (Å²) in [6.07, 6.45) is 1.26. The Labute approximate surface area is 216 Å². The van der Waals surface area contributed by atoms with Crippen LogP contribution in [0.2, 0.25) is 10.0 Å². The van der Waals surface area contributed by atoms with Gasteiger partial charge in [-0.25, -0.2) is 4.98 Å². The molecule has 1 aromatic carbocycles. The molecular weight excluding hydrogens is 509 g/mol. The van der Waals surface area contributed by atoms with Gasteiger partial charge in [-0.1, -0.05) is 43.1 Å². The summed E-state index contributed by atoms with van der Waals surface area (Å²) in [7, 11) is -1.14. The molecule has 2 N–H and O–H groups in total. The van der Waals surface area contributed by atoms with Gasteiger partial charge in [0, 0.05) is 31.7 Å². The van der Waals surface area contributed by atoms with E-state index in [1.807, 2.05) is 26.0 Å². The first-order valence-corrected chi connectivity index (χ1v) is 13.7. The fourth-order valence-electron chi connectivity index (χ4n) is 4.37. The second kappa shape index (κ2) is 10.0. The van der Waals surface area contributed by atoms with E-state index in [2.05, 4.69) is 25.0 Å². The number of nitrogens with zero attached hydrogens (tertiary/aromatic N) is 6. The number of benzene rings is 1. The number of rotatable bonds is 7. The number of aliphatic hydroxyl groups excluding tert-OH is 1. The highest BCUT2D eigenvalue weighted by atomic mass is 35.5. The number of hydrogen-bond acceptors (Lipinski definition) is 8. The fourth-order valence-corrected chi connectivity index (χ4v) is 6.01. The number of nitrogens with one attached hydrogen (secondary N) is 1. The molecule has 0 fully saturated rings. The first-order valence-electron chi connectivity index (χ1n) is 11.6. The van der Waals surface area contributed by atoms with E-state index in [0.717, 1.165) is 22.9 Å². The summed E-state index contributed by atoms with van der Waals surface area (Å²) in [4.78, 5) is 12.3. The van der Waals surface area contributed by atoms with Crippen molar-refractivity contribution in [2.75, 3.05) is 29.1 Å². The summed E-state index contributed by atoms with van der Waals surface area (Å²) < 4.78 is 14.8. The zero-order valence-corrected chi connectivity index (χ0v) is 21.9. The van der Waals surface area contributed by atoms with E-state index >= 15 is 0 Å². The van der Waals surface area contributed by atoms with Gasteiger partial charge >= 0.3 is 0 Å². The first kappa shape index (κ1) is 24.4. The molecule has 2 aromatic heterocycles. The Bertz CT molecular complexity index is 1280. The van der Waals surface area contributed by atoms with Gasteiger partial charge in [-0.2, -0.15) is 4.98 Å². The van der Waals surface area contributed by atoms with E-state index in [0.29, 0.717) is 64.9 Å². The number of aliphatic hydroxyl groups is 1. The van der Waals surface area contributed by atoms with E-state index in [1.54, 1.807) is 6.07 Å². The maximum atomic E-state index is 12.6. The quantitative estimate of drug-likeness (QED) is 0.475. The second-order valence-electron chi connectivity index (χ2n) is 9.16. The minimum absolute atomic E-state index is 0.0349. The summed E-state index contributed by atoms with van der Waals surface area (Å²) in [6.45, 7) is 5.92. The molecule has 0 bridgehead atoms. The van der Waals surface area contributed by atoms with Gasteiger partial charge in [-0.3, -0.25) is 4.21 Å². The van der Waals surface area contributed by atoms with Crippen molar-refractivity contribution < 1.29 is 9.32 Å². The van der Waals surface area contributed by atoms with E-state index in [9.17, 15) is 9.32 Å². The van der Waals surface area contributed by atoms with Crippen LogP contribution in [0.5, 0.6) is 0 Å². The van der Waals surface area contributed by atoms with Crippen LogP contribution in [0.1, 0.15) is 36.8 Å². The standard InChI is InChI=1S/C23H27Cl2N7O2S/c1-13(2)18(12-33)26-22-21-17(5-8-35(21)34)27-23(28-22)31-6-7-32-19(29-30-20(32)11-31)10-14-3-4-15(24)16(25)9-14/h3-4,9,13,18,33H,5-8,10-12H2,1-2H3,(H,26,27,28). The van der Waals surface area contributed by atoms with Crippen LogP contribution >= 0.6 is 23.2 Å². The van der Waals surface area contributed by atoms with Gasteiger partial charge in [-0.15, -0.1) is 10.2 Å². The number of hydrogen-bond donors (Lipinski definition) is 2. The van der Waals surface area contributed by atoms with E-state index in [-0.39, 0.29) is 18.6 Å². The van der Waals surface area contributed by atoms with Gasteiger partial charge in [0.15, 0.2) is 5.82 Å². The maximum Gasteiger partial charge on any atom is 0.228 e. The molecule has 2 unspecified atom stereocenters. The molecule has 3 aromatic rings. The smallest absolute Gasteiger partial charge is 0.228 e. The number of halogens is 2. The first-order chi connectivity index (χ1) is 16.8. The fraction of sp³-hybridized carbons (Fsp3) is 0.478. The third-order valence-corrected chi connectivity index (χ3v) is 8.66. The van der Waals surface area contributed by atoms with Crippen LogP contribution in [0.15, 0.2) is 23.1 Å². The van der Waals surface area contributed by atoms with Crippen LogP contribution in [0.4, 0.5) is 11.8 Å². The van der Waals surface area contributed by atoms with Crippen LogP contribution in [0, 0.1) is 5.92 Å². The molecule has 186 valence electrons. The molecule has 0 spiro atoms. The lowest BCUT2D eigenvalue weighted by atomic mass is 10.1. The van der Waals surface area contributed by atoms with Crippen molar-refractivity contribution in [1.29, 1.82) is 0 Å². The van der Waals surface area contributed by atoms with Crippen molar-refractivity contribution >= 4 is 45.8 Å². The number of fused-ring (bicyclic) bond motifs is 2. The van der Waals surface area contributed by atoms with Crippen molar-refractivity contribution in [2.45, 2.75) is 50.7 Å². The number of anilines is 2. The molecule has 12 heteroatoms. The molecule has 2 aliphatic heterocycles. The predicted molar refractivity (Wildman–Crippen MR) is 137 cm³/mol. The zero-order valence-electron chi connectivity index (χ0n) is 19.5. The Morgan fingerprint density at radius 3 is 2.74 bits per heavy atom. The zero-order chi connectivity index (χ0) is 24.7. The molecule has 5 rings (SSSR count). The van der Waals surface area contributed by atoms with Gasteiger partial charge in [-0.05, 0) is 23.6 Å². The molecule has 0 saturated heterocycles. The Morgan fingerprint density at radius 2 is 2.00 bits per heavy atom. The molecule has 9 nitrogen and oxygen atoms in total.